The van der Waals surface area contributed by atoms with Crippen molar-refractivity contribution in [3.63, 3.8) is 0 Å². The first-order valence-corrected chi connectivity index (χ1v) is 22.5. The number of aliphatic hydroxyl groups excluding tert-OH is 2. The summed E-state index contributed by atoms with van der Waals surface area (Å²) in [5, 5.41) is 26.5. The van der Waals surface area contributed by atoms with Crippen molar-refractivity contribution < 1.29 is 19.1 Å². The number of benzene rings is 4. The number of aliphatic hydroxyl groups is 2. The van der Waals surface area contributed by atoms with E-state index in [1.165, 1.54) is 20.7 Å². The molecule has 4 aromatic rings. The van der Waals surface area contributed by atoms with Crippen LogP contribution < -0.4 is 20.7 Å². The molecule has 6 heteroatoms. The quantitative estimate of drug-likeness (QED) is 0.176. The van der Waals surface area contributed by atoms with Crippen LogP contribution in [0.4, 0.5) is 0 Å². The third-order valence-electron chi connectivity index (χ3n) is 11.9. The molecular weight excluding hydrogens is 649 g/mol. The summed E-state index contributed by atoms with van der Waals surface area (Å²) >= 11 is 0. The van der Waals surface area contributed by atoms with Crippen LogP contribution in [0.25, 0.3) is 0 Å². The van der Waals surface area contributed by atoms with Gasteiger partial charge in [-0.2, -0.15) is 0 Å². The molecule has 0 unspecified atom stereocenters. The summed E-state index contributed by atoms with van der Waals surface area (Å²) in [7, 11) is -5.49. The zero-order valence-electron chi connectivity index (χ0n) is 31.0. The molecule has 0 bridgehead atoms. The van der Waals surface area contributed by atoms with Crippen molar-refractivity contribution in [1.29, 1.82) is 0 Å². The molecule has 4 nitrogen and oxygen atoms in total. The molecule has 0 spiro atoms. The van der Waals surface area contributed by atoms with E-state index in [4.69, 9.17) is 8.85 Å². The molecule has 266 valence electrons. The Morgan fingerprint density at radius 2 is 0.720 bits per heavy atom. The van der Waals surface area contributed by atoms with Crippen LogP contribution in [0.1, 0.15) is 67.2 Å². The molecule has 2 aliphatic carbocycles. The largest absolute Gasteiger partial charge is 0.407 e. The maximum Gasteiger partial charge on any atom is 0.261 e. The van der Waals surface area contributed by atoms with E-state index in [0.717, 1.165) is 12.8 Å². The van der Waals surface area contributed by atoms with Crippen LogP contribution in [0.5, 0.6) is 0 Å². The first-order valence-electron chi connectivity index (χ1n) is 18.7. The zero-order valence-corrected chi connectivity index (χ0v) is 33.0. The standard InChI is InChI=1S/C44H58O4Si2/c1-43(2,3)49(37-19-11-7-12-20-37,38-21-13-8-14-22-38)47-31-35-27-33-29-41(45)42(46)30-34(33)28-36(35)32-48-50(44(4,5)6,39-23-15-9-16-24-39)40-25-17-10-18-26-40/h7-26,33-36,41-42,45-46H,27-32H2,1-6H3/t33-,34+,35-,36-,41-,42-/m0/s1. The van der Waals surface area contributed by atoms with E-state index in [1.54, 1.807) is 0 Å². The molecule has 6 rings (SSSR count). The van der Waals surface area contributed by atoms with E-state index in [-0.39, 0.29) is 21.9 Å². The van der Waals surface area contributed by atoms with E-state index in [1.807, 2.05) is 0 Å². The third-order valence-corrected chi connectivity index (χ3v) is 21.9. The molecule has 0 heterocycles. The molecular formula is C44H58O4Si2. The van der Waals surface area contributed by atoms with Crippen LogP contribution in [0.2, 0.25) is 10.1 Å². The highest BCUT2D eigenvalue weighted by Gasteiger charge is 2.53. The minimum absolute atomic E-state index is 0.112. The normalized spacial score (nSPS) is 24.8. The van der Waals surface area contributed by atoms with Gasteiger partial charge in [-0.25, -0.2) is 0 Å². The summed E-state index contributed by atoms with van der Waals surface area (Å²) in [4.78, 5) is 0. The monoisotopic (exact) mass is 706 g/mol. The summed E-state index contributed by atoms with van der Waals surface area (Å²) in [5.74, 6) is 1.26. The minimum atomic E-state index is -2.75. The molecule has 0 aromatic heterocycles. The summed E-state index contributed by atoms with van der Waals surface area (Å²) in [6.07, 6.45) is 1.95. The lowest BCUT2D eigenvalue weighted by Crippen LogP contribution is -2.67. The van der Waals surface area contributed by atoms with E-state index in [2.05, 4.69) is 163 Å². The van der Waals surface area contributed by atoms with Crippen LogP contribution >= 0.6 is 0 Å². The van der Waals surface area contributed by atoms with Gasteiger partial charge in [0.25, 0.3) is 16.6 Å². The molecule has 2 fully saturated rings. The van der Waals surface area contributed by atoms with Crippen molar-refractivity contribution in [2.75, 3.05) is 13.2 Å². The number of hydrogen-bond donors (Lipinski definition) is 2. The van der Waals surface area contributed by atoms with Gasteiger partial charge in [0.2, 0.25) is 0 Å². The molecule has 0 radical (unpaired) electrons. The second-order valence-corrected chi connectivity index (χ2v) is 25.7. The van der Waals surface area contributed by atoms with Crippen LogP contribution in [0, 0.1) is 23.7 Å². The Hall–Kier alpha value is -2.85. The second-order valence-electron chi connectivity index (χ2n) is 17.1. The van der Waals surface area contributed by atoms with Gasteiger partial charge in [-0.3, -0.25) is 0 Å². The van der Waals surface area contributed by atoms with Crippen LogP contribution in [-0.2, 0) is 8.85 Å². The van der Waals surface area contributed by atoms with E-state index in [9.17, 15) is 10.2 Å². The summed E-state index contributed by atoms with van der Waals surface area (Å²) in [5.41, 5.74) is 0. The lowest BCUT2D eigenvalue weighted by Gasteiger charge is -2.50. The number of rotatable bonds is 10. The number of hydrogen-bond acceptors (Lipinski definition) is 4. The first-order chi connectivity index (χ1) is 23.9. The topological polar surface area (TPSA) is 58.9 Å². The van der Waals surface area contributed by atoms with Crippen LogP contribution in [0.3, 0.4) is 0 Å². The van der Waals surface area contributed by atoms with E-state index in [0.29, 0.717) is 37.9 Å². The fraction of sp³-hybridized carbons (Fsp3) is 0.455. The predicted molar refractivity (Wildman–Crippen MR) is 212 cm³/mol. The van der Waals surface area contributed by atoms with Crippen molar-refractivity contribution in [3.8, 4) is 0 Å². The fourth-order valence-electron chi connectivity index (χ4n) is 9.45. The molecule has 0 saturated heterocycles. The Labute approximate surface area is 303 Å². The molecule has 0 aliphatic heterocycles. The number of fused-ring (bicyclic) bond motifs is 1. The smallest absolute Gasteiger partial charge is 0.261 e. The van der Waals surface area contributed by atoms with Crippen molar-refractivity contribution in [3.05, 3.63) is 121 Å². The van der Waals surface area contributed by atoms with E-state index < -0.39 is 28.8 Å². The van der Waals surface area contributed by atoms with Gasteiger partial charge in [-0.05, 0) is 80.2 Å². The second kappa shape index (κ2) is 15.0. The Morgan fingerprint density at radius 3 is 0.960 bits per heavy atom. The van der Waals surface area contributed by atoms with Gasteiger partial charge in [0, 0.05) is 13.2 Å². The lowest BCUT2D eigenvalue weighted by atomic mass is 9.62. The molecule has 0 amide bonds. The highest BCUT2D eigenvalue weighted by atomic mass is 28.4. The van der Waals surface area contributed by atoms with Gasteiger partial charge < -0.3 is 19.1 Å². The highest BCUT2D eigenvalue weighted by Crippen LogP contribution is 2.48. The van der Waals surface area contributed by atoms with Gasteiger partial charge in [0.15, 0.2) is 0 Å². The minimum Gasteiger partial charge on any atom is -0.407 e. The van der Waals surface area contributed by atoms with Crippen molar-refractivity contribution in [2.24, 2.45) is 23.7 Å². The molecule has 4 aromatic carbocycles. The Bertz CT molecular complexity index is 1430. The highest BCUT2D eigenvalue weighted by molar-refractivity contribution is 7.00. The van der Waals surface area contributed by atoms with Gasteiger partial charge in [0.1, 0.15) is 0 Å². The Balaban J connectivity index is 1.39. The molecule has 6 atom stereocenters. The van der Waals surface area contributed by atoms with Gasteiger partial charge in [-0.1, -0.05) is 163 Å². The third kappa shape index (κ3) is 7.12. The molecule has 50 heavy (non-hydrogen) atoms. The summed E-state index contributed by atoms with van der Waals surface area (Å²) in [6, 6.07) is 43.7. The average Bonchev–Trinajstić information content (AvgIpc) is 3.10. The molecule has 2 saturated carbocycles. The van der Waals surface area contributed by atoms with Crippen molar-refractivity contribution in [1.82, 2.24) is 0 Å². The lowest BCUT2D eigenvalue weighted by molar-refractivity contribution is -0.0787. The first kappa shape index (κ1) is 36.9. The maximum absolute atomic E-state index is 10.8. The van der Waals surface area contributed by atoms with Crippen LogP contribution in [0.15, 0.2) is 121 Å². The fourth-order valence-corrected chi connectivity index (χ4v) is 18.7. The SMILES string of the molecule is CC(C)(C)[Si](OC[C@@H]1C[C@@H]2C[C@H](O)[C@@H](O)C[C@@H]2C[C@H]1CO[Si](c1ccccc1)(c1ccccc1)C(C)(C)C)(c1ccccc1)c1ccccc1. The molecule has 2 aliphatic rings. The van der Waals surface area contributed by atoms with Crippen molar-refractivity contribution >= 4 is 37.4 Å². The predicted octanol–water partition coefficient (Wildman–Crippen LogP) is 6.91. The van der Waals surface area contributed by atoms with Gasteiger partial charge in [0.05, 0.1) is 12.2 Å². The Morgan fingerprint density at radius 1 is 0.460 bits per heavy atom. The van der Waals surface area contributed by atoms with Gasteiger partial charge >= 0.3 is 0 Å². The Kier molecular flexibility index (Phi) is 11.1. The van der Waals surface area contributed by atoms with E-state index >= 15 is 0 Å². The summed E-state index contributed by atoms with van der Waals surface area (Å²) < 4.78 is 15.2. The molecule has 2 N–H and O–H groups in total. The van der Waals surface area contributed by atoms with Gasteiger partial charge in [-0.15, -0.1) is 0 Å². The zero-order chi connectivity index (χ0) is 35.6. The van der Waals surface area contributed by atoms with Crippen LogP contribution in [-0.4, -0.2) is 52.3 Å². The summed E-state index contributed by atoms with van der Waals surface area (Å²) in [6.45, 7) is 15.4. The van der Waals surface area contributed by atoms with Crippen molar-refractivity contribution in [2.45, 2.75) is 89.5 Å². The maximum atomic E-state index is 10.8. The average molecular weight is 707 g/mol.